The van der Waals surface area contributed by atoms with Crippen LogP contribution in [0.15, 0.2) is 68.0 Å². The van der Waals surface area contributed by atoms with Crippen LogP contribution in [-0.2, 0) is 32.1 Å². The van der Waals surface area contributed by atoms with Gasteiger partial charge in [-0.1, -0.05) is 43.2 Å². The van der Waals surface area contributed by atoms with Crippen LogP contribution in [-0.4, -0.2) is 11.9 Å². The monoisotopic (exact) mass is 360 g/mol. The summed E-state index contributed by atoms with van der Waals surface area (Å²) in [6, 6.07) is 13.1. The highest BCUT2D eigenvalue weighted by molar-refractivity contribution is 5.81. The molecule has 0 aliphatic heterocycles. The van der Waals surface area contributed by atoms with E-state index in [1.54, 1.807) is 0 Å². The molecule has 27 heavy (non-hydrogen) atoms. The zero-order valence-corrected chi connectivity index (χ0v) is 15.2. The first-order valence-corrected chi connectivity index (χ1v) is 8.32. The summed E-state index contributed by atoms with van der Waals surface area (Å²) in [4.78, 5) is 22.6. The molecule has 0 spiro atoms. The van der Waals surface area contributed by atoms with Crippen LogP contribution in [0.2, 0.25) is 0 Å². The maximum absolute atomic E-state index is 11.4. The molecule has 0 atom stereocenters. The highest BCUT2D eigenvalue weighted by atomic mass is 16.5. The Kier molecular flexibility index (Phi) is 7.16. The van der Waals surface area contributed by atoms with Crippen molar-refractivity contribution in [1.29, 1.82) is 0 Å². The third-order valence-corrected chi connectivity index (χ3v) is 3.75. The van der Waals surface area contributed by atoms with Gasteiger partial charge >= 0.3 is 11.9 Å². The molecule has 0 aromatic heterocycles. The van der Waals surface area contributed by atoms with Crippen LogP contribution in [0.1, 0.15) is 27.8 Å². The minimum Gasteiger partial charge on any atom is -0.458 e. The van der Waals surface area contributed by atoms with Gasteiger partial charge in [0.25, 0.3) is 0 Å². The van der Waals surface area contributed by atoms with Gasteiger partial charge in [-0.2, -0.15) is 0 Å². The highest BCUT2D eigenvalue weighted by Crippen LogP contribution is 2.12. The lowest BCUT2D eigenvalue weighted by Gasteiger charge is -2.06. The molecular weight excluding hydrogens is 340 g/mol. The summed E-state index contributed by atoms with van der Waals surface area (Å²) in [5, 5.41) is 0. The molecule has 0 unspecified atom stereocenters. The van der Waals surface area contributed by atoms with E-state index in [1.807, 2.05) is 49.4 Å². The molecule has 0 saturated heterocycles. The zero-order chi connectivity index (χ0) is 19.6. The van der Waals surface area contributed by atoms with Gasteiger partial charge in [0.15, 0.2) is 0 Å². The fourth-order valence-electron chi connectivity index (χ4n) is 2.29. The van der Waals surface area contributed by atoms with Crippen molar-refractivity contribution >= 4 is 11.9 Å². The Balaban J connectivity index is 2.03. The van der Waals surface area contributed by atoms with Crippen molar-refractivity contribution in [3.8, 4) is 11.8 Å². The highest BCUT2D eigenvalue weighted by Gasteiger charge is 2.04. The van der Waals surface area contributed by atoms with Gasteiger partial charge in [-0.05, 0) is 47.9 Å². The standard InChI is InChI=1S/C23H20O4/c1-4-22(24)27-16-21-13-12-19(14-17(21)3)9-6-18-7-10-20(11-8-18)15-23(25)26-5-2/h4-5,7-8,10-14H,1-2,15-16H2,3H3. The summed E-state index contributed by atoms with van der Waals surface area (Å²) in [6.07, 6.45) is 2.46. The second-order valence-corrected chi connectivity index (χ2v) is 5.73. The minimum absolute atomic E-state index is 0.191. The van der Waals surface area contributed by atoms with Gasteiger partial charge in [-0.3, -0.25) is 4.79 Å². The Morgan fingerprint density at radius 2 is 1.70 bits per heavy atom. The third kappa shape index (κ3) is 6.33. The van der Waals surface area contributed by atoms with E-state index in [0.717, 1.165) is 40.2 Å². The molecule has 0 saturated carbocycles. The van der Waals surface area contributed by atoms with E-state index >= 15 is 0 Å². The van der Waals surface area contributed by atoms with Gasteiger partial charge in [0, 0.05) is 17.2 Å². The molecule has 0 fully saturated rings. The Morgan fingerprint density at radius 1 is 1.04 bits per heavy atom. The number of ether oxygens (including phenoxy) is 2. The molecule has 0 bridgehead atoms. The molecule has 0 aliphatic rings. The van der Waals surface area contributed by atoms with Crippen molar-refractivity contribution in [1.82, 2.24) is 0 Å². The second-order valence-electron chi connectivity index (χ2n) is 5.73. The maximum Gasteiger partial charge on any atom is 0.330 e. The van der Waals surface area contributed by atoms with Crippen LogP contribution < -0.4 is 0 Å². The molecule has 136 valence electrons. The van der Waals surface area contributed by atoms with E-state index in [4.69, 9.17) is 9.47 Å². The van der Waals surface area contributed by atoms with Crippen molar-refractivity contribution in [3.63, 3.8) is 0 Å². The normalized spacial score (nSPS) is 9.52. The lowest BCUT2D eigenvalue weighted by molar-refractivity contribution is -0.139. The van der Waals surface area contributed by atoms with E-state index in [0.29, 0.717) is 0 Å². The number of carbonyl (C=O) groups excluding carboxylic acids is 2. The molecule has 0 radical (unpaired) electrons. The molecular formula is C23H20O4. The van der Waals surface area contributed by atoms with Crippen LogP contribution in [0.25, 0.3) is 0 Å². The van der Waals surface area contributed by atoms with E-state index in [-0.39, 0.29) is 19.0 Å². The van der Waals surface area contributed by atoms with Crippen molar-refractivity contribution in [2.75, 3.05) is 0 Å². The van der Waals surface area contributed by atoms with Gasteiger partial charge in [-0.25, -0.2) is 4.79 Å². The molecule has 4 nitrogen and oxygen atoms in total. The molecule has 0 N–H and O–H groups in total. The van der Waals surface area contributed by atoms with Crippen molar-refractivity contribution in [3.05, 3.63) is 95.8 Å². The lowest BCUT2D eigenvalue weighted by atomic mass is 10.1. The first-order chi connectivity index (χ1) is 13.0. The number of hydrogen-bond donors (Lipinski definition) is 0. The Bertz CT molecular complexity index is 912. The number of rotatable bonds is 6. The Labute approximate surface area is 159 Å². The van der Waals surface area contributed by atoms with E-state index in [9.17, 15) is 9.59 Å². The van der Waals surface area contributed by atoms with Gasteiger partial charge in [0.1, 0.15) is 6.61 Å². The van der Waals surface area contributed by atoms with Crippen molar-refractivity contribution in [2.24, 2.45) is 0 Å². The van der Waals surface area contributed by atoms with Crippen LogP contribution in [0.3, 0.4) is 0 Å². The third-order valence-electron chi connectivity index (χ3n) is 3.75. The van der Waals surface area contributed by atoms with E-state index < -0.39 is 5.97 Å². The molecule has 4 heteroatoms. The topological polar surface area (TPSA) is 52.6 Å². The quantitative estimate of drug-likeness (QED) is 0.340. The largest absolute Gasteiger partial charge is 0.458 e. The molecule has 2 rings (SSSR count). The maximum atomic E-state index is 11.4. The Morgan fingerprint density at radius 3 is 2.33 bits per heavy atom. The average Bonchev–Trinajstić information content (AvgIpc) is 2.66. The van der Waals surface area contributed by atoms with Crippen LogP contribution in [0.4, 0.5) is 0 Å². The summed E-state index contributed by atoms with van der Waals surface area (Å²) in [6.45, 7) is 8.88. The summed E-state index contributed by atoms with van der Waals surface area (Å²) >= 11 is 0. The summed E-state index contributed by atoms with van der Waals surface area (Å²) < 4.78 is 9.75. The fourth-order valence-corrected chi connectivity index (χ4v) is 2.29. The predicted molar refractivity (Wildman–Crippen MR) is 104 cm³/mol. The summed E-state index contributed by atoms with van der Waals surface area (Å²) in [7, 11) is 0. The number of aryl methyl sites for hydroxylation is 1. The minimum atomic E-state index is -0.445. The molecule has 2 aromatic rings. The SMILES string of the molecule is C=COC(=O)Cc1ccc(C#Cc2ccc(COC(=O)C=C)c(C)c2)cc1. The number of benzene rings is 2. The van der Waals surface area contributed by atoms with Gasteiger partial charge in [0.2, 0.25) is 0 Å². The van der Waals surface area contributed by atoms with E-state index in [2.05, 4.69) is 25.0 Å². The summed E-state index contributed by atoms with van der Waals surface area (Å²) in [5.41, 5.74) is 4.48. The van der Waals surface area contributed by atoms with Crippen molar-refractivity contribution < 1.29 is 19.1 Å². The molecule has 0 heterocycles. The first kappa shape index (κ1) is 19.7. The van der Waals surface area contributed by atoms with Crippen LogP contribution in [0.5, 0.6) is 0 Å². The van der Waals surface area contributed by atoms with Gasteiger partial charge < -0.3 is 9.47 Å². The second kappa shape index (κ2) is 9.79. The molecule has 0 aliphatic carbocycles. The van der Waals surface area contributed by atoms with Crippen LogP contribution >= 0.6 is 0 Å². The average molecular weight is 360 g/mol. The predicted octanol–water partition coefficient (Wildman–Crippen LogP) is 3.85. The smallest absolute Gasteiger partial charge is 0.330 e. The number of carbonyl (C=O) groups is 2. The molecule has 0 amide bonds. The van der Waals surface area contributed by atoms with Gasteiger partial charge in [0.05, 0.1) is 12.7 Å². The first-order valence-electron chi connectivity index (χ1n) is 8.32. The van der Waals surface area contributed by atoms with Crippen molar-refractivity contribution in [2.45, 2.75) is 20.0 Å². The van der Waals surface area contributed by atoms with E-state index in [1.165, 1.54) is 0 Å². The Hall–Kier alpha value is -3.58. The zero-order valence-electron chi connectivity index (χ0n) is 15.2. The number of esters is 2. The van der Waals surface area contributed by atoms with Crippen LogP contribution in [0, 0.1) is 18.8 Å². The molecule has 2 aromatic carbocycles. The lowest BCUT2D eigenvalue weighted by Crippen LogP contribution is -2.03. The number of hydrogen-bond acceptors (Lipinski definition) is 4. The fraction of sp³-hybridized carbons (Fsp3) is 0.130. The summed E-state index contributed by atoms with van der Waals surface area (Å²) in [5.74, 6) is 5.40. The van der Waals surface area contributed by atoms with Gasteiger partial charge in [-0.15, -0.1) is 0 Å².